The van der Waals surface area contributed by atoms with Crippen LogP contribution >= 0.6 is 0 Å². The molecule has 17 heavy (non-hydrogen) atoms. The highest BCUT2D eigenvalue weighted by atomic mass is 19.1. The van der Waals surface area contributed by atoms with E-state index in [1.165, 1.54) is 12.1 Å². The molecule has 0 amide bonds. The summed E-state index contributed by atoms with van der Waals surface area (Å²) in [5.74, 6) is 0.550. The molecular formula is C12H16FN3O. The maximum absolute atomic E-state index is 12.8. The van der Waals surface area contributed by atoms with Crippen LogP contribution in [-0.2, 0) is 4.84 Å². The van der Waals surface area contributed by atoms with E-state index >= 15 is 0 Å². The lowest BCUT2D eigenvalue weighted by Gasteiger charge is -2.08. The van der Waals surface area contributed by atoms with Crippen LogP contribution in [0.1, 0.15) is 25.1 Å². The van der Waals surface area contributed by atoms with Gasteiger partial charge in [-0.1, -0.05) is 12.1 Å². The molecule has 92 valence electrons. The average Bonchev–Trinajstić information content (AvgIpc) is 2.78. The fraction of sp³-hybridized carbons (Fsp3) is 0.417. The number of hydrogen-bond acceptors (Lipinski definition) is 4. The molecule has 4 nitrogen and oxygen atoms in total. The van der Waals surface area contributed by atoms with E-state index in [4.69, 9.17) is 4.84 Å². The topological polar surface area (TPSA) is 45.7 Å². The van der Waals surface area contributed by atoms with Crippen LogP contribution in [-0.4, -0.2) is 18.9 Å². The van der Waals surface area contributed by atoms with Crippen molar-refractivity contribution in [2.75, 3.05) is 7.05 Å². The lowest BCUT2D eigenvalue weighted by Crippen LogP contribution is -2.29. The van der Waals surface area contributed by atoms with E-state index in [2.05, 4.69) is 22.7 Å². The van der Waals surface area contributed by atoms with Gasteiger partial charge in [-0.3, -0.25) is 5.48 Å². The van der Waals surface area contributed by atoms with E-state index < -0.39 is 0 Å². The molecule has 5 heteroatoms. The summed E-state index contributed by atoms with van der Waals surface area (Å²) in [6.45, 7) is 2.06. The van der Waals surface area contributed by atoms with Gasteiger partial charge in [0.2, 0.25) is 6.23 Å². The Morgan fingerprint density at radius 1 is 1.47 bits per heavy atom. The van der Waals surface area contributed by atoms with Gasteiger partial charge in [0.15, 0.2) is 0 Å². The van der Waals surface area contributed by atoms with Gasteiger partial charge in [-0.25, -0.2) is 14.2 Å². The van der Waals surface area contributed by atoms with Crippen molar-refractivity contribution < 1.29 is 9.23 Å². The molecule has 0 aliphatic carbocycles. The van der Waals surface area contributed by atoms with Gasteiger partial charge in [-0.05, 0) is 26.1 Å². The maximum atomic E-state index is 12.8. The van der Waals surface area contributed by atoms with Crippen molar-refractivity contribution in [2.45, 2.75) is 25.6 Å². The second-order valence-electron chi connectivity index (χ2n) is 4.09. The molecule has 1 aromatic carbocycles. The molecule has 0 saturated carbocycles. The smallest absolute Gasteiger partial charge is 0.202 e. The number of rotatable bonds is 4. The number of halogens is 1. The summed E-state index contributed by atoms with van der Waals surface area (Å²) in [6, 6.07) is 6.49. The highest BCUT2D eigenvalue weighted by Gasteiger charge is 2.20. The number of nitrogens with one attached hydrogen (secondary N) is 2. The zero-order valence-corrected chi connectivity index (χ0v) is 9.90. The van der Waals surface area contributed by atoms with Crippen LogP contribution in [0.25, 0.3) is 0 Å². The second kappa shape index (κ2) is 5.25. The summed E-state index contributed by atoms with van der Waals surface area (Å²) in [5, 5.41) is 3.13. The molecule has 2 rings (SSSR count). The Morgan fingerprint density at radius 2 is 2.18 bits per heavy atom. The van der Waals surface area contributed by atoms with Gasteiger partial charge < -0.3 is 5.32 Å². The van der Waals surface area contributed by atoms with Crippen LogP contribution in [0.3, 0.4) is 0 Å². The van der Waals surface area contributed by atoms with Gasteiger partial charge in [0.1, 0.15) is 11.7 Å². The first kappa shape index (κ1) is 12.0. The van der Waals surface area contributed by atoms with E-state index in [9.17, 15) is 4.39 Å². The van der Waals surface area contributed by atoms with Crippen molar-refractivity contribution in [1.29, 1.82) is 0 Å². The minimum Gasteiger partial charge on any atom is -0.317 e. The third kappa shape index (κ3) is 3.01. The number of aliphatic imine (C=N–C) groups is 1. The Morgan fingerprint density at radius 3 is 2.82 bits per heavy atom. The third-order valence-electron chi connectivity index (χ3n) is 2.71. The van der Waals surface area contributed by atoms with E-state index in [0.29, 0.717) is 6.04 Å². The normalized spacial score (nSPS) is 20.9. The monoisotopic (exact) mass is 237 g/mol. The highest BCUT2D eigenvalue weighted by molar-refractivity contribution is 5.82. The molecule has 0 spiro atoms. The van der Waals surface area contributed by atoms with Gasteiger partial charge in [-0.15, -0.1) is 0 Å². The maximum Gasteiger partial charge on any atom is 0.202 e. The van der Waals surface area contributed by atoms with Gasteiger partial charge in [-0.2, -0.15) is 0 Å². The predicted octanol–water partition coefficient (Wildman–Crippen LogP) is 1.76. The highest BCUT2D eigenvalue weighted by Crippen LogP contribution is 2.22. The van der Waals surface area contributed by atoms with E-state index in [0.717, 1.165) is 17.8 Å². The van der Waals surface area contributed by atoms with E-state index in [1.54, 1.807) is 12.1 Å². The van der Waals surface area contributed by atoms with Crippen LogP contribution in [0.4, 0.5) is 4.39 Å². The molecule has 0 saturated heterocycles. The third-order valence-corrected chi connectivity index (χ3v) is 2.71. The molecule has 2 unspecified atom stereocenters. The predicted molar refractivity (Wildman–Crippen MR) is 63.9 cm³/mol. The molecule has 1 aliphatic rings. The van der Waals surface area contributed by atoms with Gasteiger partial charge in [0, 0.05) is 18.0 Å². The first-order chi connectivity index (χ1) is 8.19. The van der Waals surface area contributed by atoms with E-state index in [1.807, 2.05) is 7.05 Å². The van der Waals surface area contributed by atoms with Gasteiger partial charge >= 0.3 is 0 Å². The summed E-state index contributed by atoms with van der Waals surface area (Å²) in [4.78, 5) is 9.73. The van der Waals surface area contributed by atoms with Gasteiger partial charge in [0.25, 0.3) is 0 Å². The minimum absolute atomic E-state index is 0.257. The number of hydrogen-bond donors (Lipinski definition) is 2. The molecule has 0 fully saturated rings. The second-order valence-corrected chi connectivity index (χ2v) is 4.09. The molecule has 1 heterocycles. The van der Waals surface area contributed by atoms with Crippen molar-refractivity contribution in [1.82, 2.24) is 10.8 Å². The van der Waals surface area contributed by atoms with Crippen LogP contribution in [0.2, 0.25) is 0 Å². The van der Waals surface area contributed by atoms with Crippen LogP contribution in [0.15, 0.2) is 29.3 Å². The zero-order valence-electron chi connectivity index (χ0n) is 9.90. The number of hydroxylamine groups is 1. The standard InChI is InChI=1S/C12H16FN3O/c1-8(14-2)7-11-15-12(17-16-11)9-3-5-10(13)6-4-9/h3-6,8,12,14H,7H2,1-2H3,(H,15,16). The Kier molecular flexibility index (Phi) is 3.71. The Bertz CT molecular complexity index is 405. The lowest BCUT2D eigenvalue weighted by atomic mass is 10.2. The summed E-state index contributed by atoms with van der Waals surface area (Å²) in [6.07, 6.45) is 0.392. The quantitative estimate of drug-likeness (QED) is 0.838. The van der Waals surface area contributed by atoms with Crippen molar-refractivity contribution in [2.24, 2.45) is 4.99 Å². The van der Waals surface area contributed by atoms with Crippen LogP contribution in [0.5, 0.6) is 0 Å². The Balaban J connectivity index is 2.02. The summed E-state index contributed by atoms with van der Waals surface area (Å²) < 4.78 is 12.8. The molecule has 0 radical (unpaired) electrons. The Labute approximate surface area is 99.8 Å². The first-order valence-electron chi connectivity index (χ1n) is 5.60. The zero-order chi connectivity index (χ0) is 12.3. The largest absolute Gasteiger partial charge is 0.317 e. The molecule has 1 aromatic rings. The van der Waals surface area contributed by atoms with Crippen LogP contribution in [0, 0.1) is 5.82 Å². The van der Waals surface area contributed by atoms with Crippen molar-refractivity contribution in [3.63, 3.8) is 0 Å². The Hall–Kier alpha value is -1.46. The molecule has 1 aliphatic heterocycles. The number of nitrogens with zero attached hydrogens (tertiary/aromatic N) is 1. The lowest BCUT2D eigenvalue weighted by molar-refractivity contribution is 0.0369. The molecular weight excluding hydrogens is 221 g/mol. The molecule has 0 aromatic heterocycles. The van der Waals surface area contributed by atoms with Crippen molar-refractivity contribution in [3.05, 3.63) is 35.6 Å². The van der Waals surface area contributed by atoms with Crippen molar-refractivity contribution in [3.8, 4) is 0 Å². The van der Waals surface area contributed by atoms with Crippen molar-refractivity contribution >= 4 is 5.84 Å². The van der Waals surface area contributed by atoms with Crippen LogP contribution < -0.4 is 10.8 Å². The minimum atomic E-state index is -0.380. The number of amidine groups is 1. The molecule has 0 bridgehead atoms. The summed E-state index contributed by atoms with van der Waals surface area (Å²) in [5.41, 5.74) is 3.64. The average molecular weight is 237 g/mol. The molecule has 2 atom stereocenters. The summed E-state index contributed by atoms with van der Waals surface area (Å²) in [7, 11) is 1.90. The first-order valence-corrected chi connectivity index (χ1v) is 5.60. The summed E-state index contributed by atoms with van der Waals surface area (Å²) >= 11 is 0. The fourth-order valence-electron chi connectivity index (χ4n) is 1.57. The van der Waals surface area contributed by atoms with Gasteiger partial charge in [0.05, 0.1) is 0 Å². The van der Waals surface area contributed by atoms with E-state index in [-0.39, 0.29) is 12.0 Å². The number of benzene rings is 1. The molecule has 2 N–H and O–H groups in total. The SMILES string of the molecule is CNC(C)CC1=NC(c2ccc(F)cc2)ON1. The fourth-order valence-corrected chi connectivity index (χ4v) is 1.57.